The van der Waals surface area contributed by atoms with Crippen LogP contribution in [0.2, 0.25) is 0 Å². The number of benzene rings is 1. The Kier molecular flexibility index (Phi) is 3.26. The number of hydrogen-bond donors (Lipinski definition) is 0. The van der Waals surface area contributed by atoms with Crippen LogP contribution in [-0.4, -0.2) is 4.98 Å². The Morgan fingerprint density at radius 1 is 1.21 bits per heavy atom. The standard InChI is InChI=1S/C14H9F3N2/c1-9-4-5-19-8-12(9)10-2-3-11(7-18)13(6-10)14(15,16)17/h2-6,8H,1H3. The van der Waals surface area contributed by atoms with Gasteiger partial charge in [0.2, 0.25) is 0 Å². The van der Waals surface area contributed by atoms with Gasteiger partial charge in [-0.15, -0.1) is 0 Å². The molecule has 2 nitrogen and oxygen atoms in total. The highest BCUT2D eigenvalue weighted by Gasteiger charge is 2.33. The molecule has 0 radical (unpaired) electrons. The van der Waals surface area contributed by atoms with Gasteiger partial charge >= 0.3 is 6.18 Å². The van der Waals surface area contributed by atoms with E-state index in [0.29, 0.717) is 11.1 Å². The highest BCUT2D eigenvalue weighted by Crippen LogP contribution is 2.35. The molecular formula is C14H9F3N2. The van der Waals surface area contributed by atoms with Gasteiger partial charge in [-0.2, -0.15) is 18.4 Å². The molecule has 0 unspecified atom stereocenters. The maximum atomic E-state index is 12.9. The van der Waals surface area contributed by atoms with Crippen LogP contribution >= 0.6 is 0 Å². The quantitative estimate of drug-likeness (QED) is 0.780. The molecule has 0 atom stereocenters. The van der Waals surface area contributed by atoms with Gasteiger partial charge in [0, 0.05) is 18.0 Å². The van der Waals surface area contributed by atoms with Crippen LogP contribution < -0.4 is 0 Å². The maximum Gasteiger partial charge on any atom is 0.417 e. The number of halogens is 3. The molecule has 0 fully saturated rings. The van der Waals surface area contributed by atoms with Gasteiger partial charge in [0.1, 0.15) is 0 Å². The van der Waals surface area contributed by atoms with Crippen molar-refractivity contribution in [2.75, 3.05) is 0 Å². The minimum absolute atomic E-state index is 0.377. The predicted molar refractivity (Wildman–Crippen MR) is 64.1 cm³/mol. The molecule has 0 aliphatic carbocycles. The number of aromatic nitrogens is 1. The first-order valence-corrected chi connectivity index (χ1v) is 5.46. The summed E-state index contributed by atoms with van der Waals surface area (Å²) in [6.07, 6.45) is -1.46. The fourth-order valence-corrected chi connectivity index (χ4v) is 1.81. The summed E-state index contributed by atoms with van der Waals surface area (Å²) >= 11 is 0. The van der Waals surface area contributed by atoms with Crippen LogP contribution in [-0.2, 0) is 6.18 Å². The van der Waals surface area contributed by atoms with E-state index >= 15 is 0 Å². The van der Waals surface area contributed by atoms with Gasteiger partial charge in [-0.05, 0) is 36.2 Å². The molecule has 0 spiro atoms. The maximum absolute atomic E-state index is 12.9. The molecule has 5 heteroatoms. The molecule has 0 bridgehead atoms. The lowest BCUT2D eigenvalue weighted by molar-refractivity contribution is -0.137. The molecule has 0 saturated heterocycles. The molecule has 2 rings (SSSR count). The second-order valence-electron chi connectivity index (χ2n) is 4.06. The van der Waals surface area contributed by atoms with Crippen molar-refractivity contribution in [3.63, 3.8) is 0 Å². The molecule has 0 N–H and O–H groups in total. The van der Waals surface area contributed by atoms with Crippen LogP contribution in [0.3, 0.4) is 0 Å². The third-order valence-corrected chi connectivity index (χ3v) is 2.80. The minimum Gasteiger partial charge on any atom is -0.264 e. The van der Waals surface area contributed by atoms with Crippen molar-refractivity contribution in [1.82, 2.24) is 4.98 Å². The summed E-state index contributed by atoms with van der Waals surface area (Å²) in [7, 11) is 0. The molecule has 1 heterocycles. The van der Waals surface area contributed by atoms with Crippen LogP contribution in [0.1, 0.15) is 16.7 Å². The highest BCUT2D eigenvalue weighted by molar-refractivity contribution is 5.68. The van der Waals surface area contributed by atoms with Crippen LogP contribution in [0.5, 0.6) is 0 Å². The Morgan fingerprint density at radius 2 is 1.95 bits per heavy atom. The lowest BCUT2D eigenvalue weighted by atomic mass is 9.98. The summed E-state index contributed by atoms with van der Waals surface area (Å²) < 4.78 is 38.6. The molecule has 19 heavy (non-hydrogen) atoms. The van der Waals surface area contributed by atoms with Crippen molar-refractivity contribution in [3.05, 3.63) is 53.3 Å². The van der Waals surface area contributed by atoms with Gasteiger partial charge in [-0.1, -0.05) is 6.07 Å². The summed E-state index contributed by atoms with van der Waals surface area (Å²) in [6, 6.07) is 6.95. The van der Waals surface area contributed by atoms with Crippen LogP contribution in [0.4, 0.5) is 13.2 Å². The van der Waals surface area contributed by atoms with E-state index in [1.54, 1.807) is 25.3 Å². The van der Waals surface area contributed by atoms with Crippen LogP contribution in [0.25, 0.3) is 11.1 Å². The fraction of sp³-hybridized carbons (Fsp3) is 0.143. The number of pyridine rings is 1. The summed E-state index contributed by atoms with van der Waals surface area (Å²) in [5.74, 6) is 0. The fourth-order valence-electron chi connectivity index (χ4n) is 1.81. The largest absolute Gasteiger partial charge is 0.417 e. The number of hydrogen-bond acceptors (Lipinski definition) is 2. The van der Waals surface area contributed by atoms with Crippen molar-refractivity contribution in [2.24, 2.45) is 0 Å². The Labute approximate surface area is 108 Å². The van der Waals surface area contributed by atoms with E-state index < -0.39 is 11.7 Å². The average molecular weight is 262 g/mol. The normalized spacial score (nSPS) is 11.1. The summed E-state index contributed by atoms with van der Waals surface area (Å²) in [5.41, 5.74) is 0.552. The molecule has 0 aliphatic heterocycles. The van der Waals surface area contributed by atoms with Gasteiger partial charge in [0.15, 0.2) is 0 Å². The van der Waals surface area contributed by atoms with Gasteiger partial charge in [0.05, 0.1) is 17.2 Å². The monoisotopic (exact) mass is 262 g/mol. The second-order valence-corrected chi connectivity index (χ2v) is 4.06. The van der Waals surface area contributed by atoms with E-state index in [4.69, 9.17) is 5.26 Å². The number of aryl methyl sites for hydroxylation is 1. The van der Waals surface area contributed by atoms with E-state index in [-0.39, 0.29) is 5.56 Å². The zero-order valence-electron chi connectivity index (χ0n) is 9.99. The van der Waals surface area contributed by atoms with Gasteiger partial charge in [-0.3, -0.25) is 4.98 Å². The Balaban J connectivity index is 2.63. The predicted octanol–water partition coefficient (Wildman–Crippen LogP) is 3.95. The van der Waals surface area contributed by atoms with Gasteiger partial charge in [-0.25, -0.2) is 0 Å². The topological polar surface area (TPSA) is 36.7 Å². The van der Waals surface area contributed by atoms with E-state index in [1.807, 2.05) is 0 Å². The van der Waals surface area contributed by atoms with Gasteiger partial charge < -0.3 is 0 Å². The molecule has 1 aromatic heterocycles. The average Bonchev–Trinajstić information content (AvgIpc) is 2.37. The minimum atomic E-state index is -4.54. The smallest absolute Gasteiger partial charge is 0.264 e. The first-order valence-electron chi connectivity index (χ1n) is 5.46. The van der Waals surface area contributed by atoms with Crippen LogP contribution in [0.15, 0.2) is 36.7 Å². The van der Waals surface area contributed by atoms with Crippen molar-refractivity contribution in [2.45, 2.75) is 13.1 Å². The van der Waals surface area contributed by atoms with Crippen LogP contribution in [0, 0.1) is 18.3 Å². The molecule has 0 aliphatic rings. The Hall–Kier alpha value is -2.35. The lowest BCUT2D eigenvalue weighted by Crippen LogP contribution is -2.08. The molecule has 2 aromatic rings. The number of nitrogens with zero attached hydrogens (tertiary/aromatic N) is 2. The van der Waals surface area contributed by atoms with Crippen molar-refractivity contribution in [1.29, 1.82) is 5.26 Å². The summed E-state index contributed by atoms with van der Waals surface area (Å²) in [4.78, 5) is 3.91. The molecule has 96 valence electrons. The van der Waals surface area contributed by atoms with Crippen molar-refractivity contribution in [3.8, 4) is 17.2 Å². The van der Waals surface area contributed by atoms with E-state index in [1.165, 1.54) is 18.3 Å². The summed E-state index contributed by atoms with van der Waals surface area (Å²) in [5, 5.41) is 8.74. The Morgan fingerprint density at radius 3 is 2.53 bits per heavy atom. The number of rotatable bonds is 1. The Bertz CT molecular complexity index is 654. The molecule has 0 saturated carbocycles. The van der Waals surface area contributed by atoms with Crippen molar-refractivity contribution < 1.29 is 13.2 Å². The number of nitriles is 1. The van der Waals surface area contributed by atoms with E-state index in [0.717, 1.165) is 11.6 Å². The van der Waals surface area contributed by atoms with Gasteiger partial charge in [0.25, 0.3) is 0 Å². The SMILES string of the molecule is Cc1ccncc1-c1ccc(C#N)c(C(F)(F)F)c1. The van der Waals surface area contributed by atoms with Crippen molar-refractivity contribution >= 4 is 0 Å². The van der Waals surface area contributed by atoms with E-state index in [9.17, 15) is 13.2 Å². The first kappa shape index (κ1) is 13.1. The van der Waals surface area contributed by atoms with E-state index in [2.05, 4.69) is 4.98 Å². The second kappa shape index (κ2) is 4.73. The zero-order valence-corrected chi connectivity index (χ0v) is 9.99. The molecule has 0 amide bonds. The number of alkyl halides is 3. The highest BCUT2D eigenvalue weighted by atomic mass is 19.4. The summed E-state index contributed by atoms with van der Waals surface area (Å²) in [6.45, 7) is 1.79. The third-order valence-electron chi connectivity index (χ3n) is 2.80. The zero-order chi connectivity index (χ0) is 14.0. The lowest BCUT2D eigenvalue weighted by Gasteiger charge is -2.11. The molecular weight excluding hydrogens is 253 g/mol. The first-order chi connectivity index (χ1) is 8.93. The third kappa shape index (κ3) is 2.58. The molecule has 1 aromatic carbocycles.